The molecular weight excluding hydrogens is 354 g/mol. The molecule has 2 aromatic heterocycles. The van der Waals surface area contributed by atoms with E-state index in [0.717, 1.165) is 0 Å². The first-order valence-electron chi connectivity index (χ1n) is 5.61. The fourth-order valence-corrected chi connectivity index (χ4v) is 1.84. The van der Waals surface area contributed by atoms with Crippen molar-refractivity contribution in [1.82, 2.24) is 14.8 Å². The van der Waals surface area contributed by atoms with Crippen molar-refractivity contribution in [2.45, 2.75) is 12.4 Å². The Balaban J connectivity index is 2.49. The standard InChI is InChI=1S/C11H5ClF6N4O/c12-6-1-4(10(13,14)15)2-20-9(6)22-8(19)5(3-21-22)7(23)11(16,17)18/h1-3H,19H2. The molecule has 0 bridgehead atoms. The molecule has 2 N–H and O–H groups in total. The first-order valence-corrected chi connectivity index (χ1v) is 5.99. The second kappa shape index (κ2) is 5.41. The number of Topliss-reactive ketones (excluding diaryl/α,β-unsaturated/α-hetero) is 1. The number of nitrogens with two attached hydrogens (primary N) is 1. The number of halogens is 7. The van der Waals surface area contributed by atoms with Gasteiger partial charge in [0.15, 0.2) is 5.82 Å². The highest BCUT2D eigenvalue weighted by Crippen LogP contribution is 2.33. The summed E-state index contributed by atoms with van der Waals surface area (Å²) in [6.07, 6.45) is -8.95. The van der Waals surface area contributed by atoms with E-state index in [-0.39, 0.29) is 0 Å². The summed E-state index contributed by atoms with van der Waals surface area (Å²) in [6, 6.07) is 0.510. The normalized spacial score (nSPS) is 12.5. The number of anilines is 1. The number of hydrogen-bond acceptors (Lipinski definition) is 4. The smallest absolute Gasteiger partial charge is 0.383 e. The summed E-state index contributed by atoms with van der Waals surface area (Å²) in [5, 5.41) is 2.86. The van der Waals surface area contributed by atoms with Gasteiger partial charge in [-0.3, -0.25) is 4.79 Å². The third-order valence-electron chi connectivity index (χ3n) is 2.66. The van der Waals surface area contributed by atoms with Gasteiger partial charge in [-0.2, -0.15) is 36.1 Å². The summed E-state index contributed by atoms with van der Waals surface area (Å²) in [7, 11) is 0. The third-order valence-corrected chi connectivity index (χ3v) is 2.94. The number of hydrogen-bond donors (Lipinski definition) is 1. The van der Waals surface area contributed by atoms with Crippen LogP contribution in [0.2, 0.25) is 5.02 Å². The maximum absolute atomic E-state index is 12.5. The zero-order valence-corrected chi connectivity index (χ0v) is 11.5. The second-order valence-corrected chi connectivity index (χ2v) is 4.62. The molecule has 12 heteroatoms. The molecule has 0 fully saturated rings. The molecule has 0 aliphatic rings. The Hall–Kier alpha value is -2.30. The molecule has 2 heterocycles. The van der Waals surface area contributed by atoms with Gasteiger partial charge >= 0.3 is 12.4 Å². The maximum atomic E-state index is 12.5. The third kappa shape index (κ3) is 3.23. The summed E-state index contributed by atoms with van der Waals surface area (Å²) in [5.41, 5.74) is 3.26. The fraction of sp³-hybridized carbons (Fsp3) is 0.182. The summed E-state index contributed by atoms with van der Waals surface area (Å²) in [4.78, 5) is 14.5. The SMILES string of the molecule is Nc1c(C(=O)C(F)(F)F)cnn1-c1ncc(C(F)(F)F)cc1Cl. The molecule has 23 heavy (non-hydrogen) atoms. The Kier molecular flexibility index (Phi) is 4.01. The van der Waals surface area contributed by atoms with Crippen LogP contribution >= 0.6 is 11.6 Å². The molecule has 0 radical (unpaired) electrons. The number of alkyl halides is 6. The number of pyridine rings is 1. The van der Waals surface area contributed by atoms with Gasteiger partial charge < -0.3 is 5.73 Å². The quantitative estimate of drug-likeness (QED) is 0.660. The molecule has 0 saturated heterocycles. The van der Waals surface area contributed by atoms with Gasteiger partial charge in [0.1, 0.15) is 5.82 Å². The van der Waals surface area contributed by atoms with Crippen LogP contribution in [0.15, 0.2) is 18.5 Å². The van der Waals surface area contributed by atoms with E-state index < -0.39 is 45.9 Å². The van der Waals surface area contributed by atoms with Gasteiger partial charge in [0.25, 0.3) is 5.78 Å². The second-order valence-electron chi connectivity index (χ2n) is 4.21. The van der Waals surface area contributed by atoms with Gasteiger partial charge in [-0.15, -0.1) is 0 Å². The predicted octanol–water partition coefficient (Wildman–Crippen LogP) is 3.27. The minimum atomic E-state index is -5.18. The van der Waals surface area contributed by atoms with E-state index in [2.05, 4.69) is 10.1 Å². The van der Waals surface area contributed by atoms with Crippen LogP contribution in [0.4, 0.5) is 32.2 Å². The summed E-state index contributed by atoms with van der Waals surface area (Å²) < 4.78 is 75.2. The molecule has 2 aromatic rings. The van der Waals surface area contributed by atoms with E-state index in [1.54, 1.807) is 0 Å². The molecule has 0 atom stereocenters. The molecule has 5 nitrogen and oxygen atoms in total. The van der Waals surface area contributed by atoms with Gasteiger partial charge in [0.2, 0.25) is 0 Å². The van der Waals surface area contributed by atoms with Crippen molar-refractivity contribution in [2.24, 2.45) is 0 Å². The van der Waals surface area contributed by atoms with Gasteiger partial charge in [0.05, 0.1) is 22.3 Å². The highest BCUT2D eigenvalue weighted by Gasteiger charge is 2.41. The van der Waals surface area contributed by atoms with Crippen molar-refractivity contribution in [3.05, 3.63) is 34.6 Å². The molecular formula is C11H5ClF6N4O. The van der Waals surface area contributed by atoms with Crippen LogP contribution in [0.25, 0.3) is 5.82 Å². The van der Waals surface area contributed by atoms with E-state index >= 15 is 0 Å². The van der Waals surface area contributed by atoms with Crippen molar-refractivity contribution in [1.29, 1.82) is 0 Å². The van der Waals surface area contributed by atoms with Crippen LogP contribution in [-0.2, 0) is 6.18 Å². The molecule has 0 spiro atoms. The lowest BCUT2D eigenvalue weighted by Crippen LogP contribution is -2.23. The number of nitrogens with zero attached hydrogens (tertiary/aromatic N) is 3. The monoisotopic (exact) mass is 358 g/mol. The number of rotatable bonds is 2. The van der Waals surface area contributed by atoms with E-state index in [9.17, 15) is 31.1 Å². The van der Waals surface area contributed by atoms with Gasteiger partial charge in [-0.05, 0) is 6.07 Å². The van der Waals surface area contributed by atoms with E-state index in [1.807, 2.05) is 0 Å². The summed E-state index contributed by atoms with van der Waals surface area (Å²) in [5.74, 6) is -3.44. The van der Waals surface area contributed by atoms with Gasteiger partial charge in [-0.1, -0.05) is 11.6 Å². The van der Waals surface area contributed by atoms with Crippen molar-refractivity contribution < 1.29 is 31.1 Å². The number of ketones is 1. The lowest BCUT2D eigenvalue weighted by Gasteiger charge is -2.10. The zero-order chi connectivity index (χ0) is 17.6. The first kappa shape index (κ1) is 17.1. The number of nitrogen functional groups attached to an aromatic ring is 1. The van der Waals surface area contributed by atoms with E-state index in [4.69, 9.17) is 17.3 Å². The van der Waals surface area contributed by atoms with E-state index in [0.29, 0.717) is 23.1 Å². The molecule has 0 saturated carbocycles. The molecule has 0 aromatic carbocycles. The molecule has 124 valence electrons. The average molecular weight is 359 g/mol. The molecule has 0 amide bonds. The lowest BCUT2D eigenvalue weighted by molar-refractivity contribution is -0.137. The highest BCUT2D eigenvalue weighted by atomic mass is 35.5. The van der Waals surface area contributed by atoms with Crippen molar-refractivity contribution >= 4 is 23.2 Å². The van der Waals surface area contributed by atoms with Crippen molar-refractivity contribution in [2.75, 3.05) is 5.73 Å². The van der Waals surface area contributed by atoms with Gasteiger partial charge in [0, 0.05) is 6.20 Å². The predicted molar refractivity (Wildman–Crippen MR) is 66.2 cm³/mol. The van der Waals surface area contributed by atoms with Crippen LogP contribution in [0.1, 0.15) is 15.9 Å². The van der Waals surface area contributed by atoms with Crippen LogP contribution < -0.4 is 5.73 Å². The molecule has 0 aliphatic heterocycles. The molecule has 2 rings (SSSR count). The number of aromatic nitrogens is 3. The zero-order valence-electron chi connectivity index (χ0n) is 10.7. The Morgan fingerprint density at radius 1 is 1.17 bits per heavy atom. The number of carbonyl (C=O) groups is 1. The minimum absolute atomic E-state index is 0.410. The first-order chi connectivity index (χ1) is 10.4. The maximum Gasteiger partial charge on any atom is 0.455 e. The fourth-order valence-electron chi connectivity index (χ4n) is 1.60. The summed E-state index contributed by atoms with van der Waals surface area (Å²) in [6.45, 7) is 0. The Bertz CT molecular complexity index is 767. The molecule has 0 unspecified atom stereocenters. The highest BCUT2D eigenvalue weighted by molar-refractivity contribution is 6.32. The van der Waals surface area contributed by atoms with Crippen LogP contribution in [-0.4, -0.2) is 26.7 Å². The number of carbonyl (C=O) groups excluding carboxylic acids is 1. The van der Waals surface area contributed by atoms with Crippen molar-refractivity contribution in [3.8, 4) is 5.82 Å². The van der Waals surface area contributed by atoms with Crippen LogP contribution in [0, 0.1) is 0 Å². The Labute approximate surface area is 128 Å². The Morgan fingerprint density at radius 2 is 1.78 bits per heavy atom. The largest absolute Gasteiger partial charge is 0.455 e. The van der Waals surface area contributed by atoms with Crippen molar-refractivity contribution in [3.63, 3.8) is 0 Å². The average Bonchev–Trinajstić information content (AvgIpc) is 2.77. The summed E-state index contributed by atoms with van der Waals surface area (Å²) >= 11 is 5.63. The van der Waals surface area contributed by atoms with Crippen LogP contribution in [0.3, 0.4) is 0 Å². The van der Waals surface area contributed by atoms with E-state index in [1.165, 1.54) is 0 Å². The molecule has 0 aliphatic carbocycles. The topological polar surface area (TPSA) is 73.8 Å². The van der Waals surface area contributed by atoms with Gasteiger partial charge in [-0.25, -0.2) is 4.98 Å². The minimum Gasteiger partial charge on any atom is -0.383 e. The lowest BCUT2D eigenvalue weighted by atomic mass is 10.2. The Morgan fingerprint density at radius 3 is 2.26 bits per heavy atom. The van der Waals surface area contributed by atoms with Crippen LogP contribution in [0.5, 0.6) is 0 Å².